The van der Waals surface area contributed by atoms with Crippen LogP contribution in [0.5, 0.6) is 0 Å². The molecule has 6 heteroatoms. The SMILES string of the molecule is O=c1[nH]c(=O)n(Cn2cccc2)cc1Cl. The van der Waals surface area contributed by atoms with Gasteiger partial charge in [0.05, 0.1) is 0 Å². The molecular formula is C9H8ClN3O2. The maximum absolute atomic E-state index is 11.4. The van der Waals surface area contributed by atoms with E-state index in [-0.39, 0.29) is 5.02 Å². The van der Waals surface area contributed by atoms with Gasteiger partial charge in [0, 0.05) is 18.6 Å². The first-order chi connectivity index (χ1) is 7.16. The second kappa shape index (κ2) is 3.78. The van der Waals surface area contributed by atoms with Gasteiger partial charge in [-0.15, -0.1) is 0 Å². The van der Waals surface area contributed by atoms with E-state index in [1.165, 1.54) is 10.8 Å². The van der Waals surface area contributed by atoms with Gasteiger partial charge in [0.2, 0.25) is 0 Å². The summed E-state index contributed by atoms with van der Waals surface area (Å²) in [6.45, 7) is 0.322. The van der Waals surface area contributed by atoms with Crippen LogP contribution in [0.15, 0.2) is 40.3 Å². The second-order valence-electron chi connectivity index (χ2n) is 3.04. The molecule has 78 valence electrons. The minimum absolute atomic E-state index is 0.00163. The fourth-order valence-corrected chi connectivity index (χ4v) is 1.39. The normalized spacial score (nSPS) is 10.5. The highest BCUT2D eigenvalue weighted by Crippen LogP contribution is 1.97. The summed E-state index contributed by atoms with van der Waals surface area (Å²) in [7, 11) is 0. The van der Waals surface area contributed by atoms with Crippen molar-refractivity contribution in [3.05, 3.63) is 56.6 Å². The van der Waals surface area contributed by atoms with E-state index in [2.05, 4.69) is 4.98 Å². The van der Waals surface area contributed by atoms with Crippen LogP contribution in [-0.2, 0) is 6.67 Å². The van der Waals surface area contributed by atoms with Crippen molar-refractivity contribution in [2.45, 2.75) is 6.67 Å². The summed E-state index contributed by atoms with van der Waals surface area (Å²) in [4.78, 5) is 24.5. The van der Waals surface area contributed by atoms with Gasteiger partial charge in [-0.3, -0.25) is 14.3 Å². The number of nitrogens with one attached hydrogen (secondary N) is 1. The predicted octanol–water partition coefficient (Wildman–Crippen LogP) is 0.497. The summed E-state index contributed by atoms with van der Waals surface area (Å²) in [5.74, 6) is 0. The highest BCUT2D eigenvalue weighted by atomic mass is 35.5. The molecule has 15 heavy (non-hydrogen) atoms. The van der Waals surface area contributed by atoms with Gasteiger partial charge in [0.1, 0.15) is 11.7 Å². The third-order valence-corrected chi connectivity index (χ3v) is 2.22. The van der Waals surface area contributed by atoms with Gasteiger partial charge in [0.15, 0.2) is 0 Å². The molecule has 2 heterocycles. The molecule has 0 bridgehead atoms. The van der Waals surface area contributed by atoms with E-state index >= 15 is 0 Å². The smallest absolute Gasteiger partial charge is 0.329 e. The molecule has 0 aliphatic heterocycles. The minimum atomic E-state index is -0.564. The number of halogens is 1. The largest absolute Gasteiger partial charge is 0.336 e. The van der Waals surface area contributed by atoms with E-state index in [9.17, 15) is 9.59 Å². The van der Waals surface area contributed by atoms with Crippen molar-refractivity contribution in [2.24, 2.45) is 0 Å². The molecule has 0 aliphatic carbocycles. The van der Waals surface area contributed by atoms with E-state index in [0.717, 1.165) is 0 Å². The first kappa shape index (κ1) is 9.79. The van der Waals surface area contributed by atoms with Gasteiger partial charge in [0.25, 0.3) is 5.56 Å². The second-order valence-corrected chi connectivity index (χ2v) is 3.45. The fraction of sp³-hybridized carbons (Fsp3) is 0.111. The van der Waals surface area contributed by atoms with E-state index < -0.39 is 11.2 Å². The third kappa shape index (κ3) is 2.02. The number of aromatic amines is 1. The van der Waals surface area contributed by atoms with Crippen LogP contribution in [0, 0.1) is 0 Å². The molecule has 2 rings (SSSR count). The summed E-state index contributed by atoms with van der Waals surface area (Å²) in [5, 5.41) is 0.00163. The van der Waals surface area contributed by atoms with Gasteiger partial charge < -0.3 is 4.57 Å². The van der Waals surface area contributed by atoms with Crippen LogP contribution in [0.3, 0.4) is 0 Å². The highest BCUT2D eigenvalue weighted by molar-refractivity contribution is 6.30. The highest BCUT2D eigenvalue weighted by Gasteiger charge is 2.01. The van der Waals surface area contributed by atoms with Crippen LogP contribution < -0.4 is 11.2 Å². The molecule has 0 radical (unpaired) electrons. The summed E-state index contributed by atoms with van der Waals surface area (Å²) in [6.07, 6.45) is 4.94. The Kier molecular flexibility index (Phi) is 2.47. The first-order valence-corrected chi connectivity index (χ1v) is 4.64. The van der Waals surface area contributed by atoms with Gasteiger partial charge in [-0.2, -0.15) is 0 Å². The Bertz CT molecular complexity index is 568. The van der Waals surface area contributed by atoms with Crippen molar-refractivity contribution in [3.63, 3.8) is 0 Å². The van der Waals surface area contributed by atoms with Crippen LogP contribution >= 0.6 is 11.6 Å². The van der Waals surface area contributed by atoms with Crippen molar-refractivity contribution in [3.8, 4) is 0 Å². The van der Waals surface area contributed by atoms with Crippen molar-refractivity contribution in [1.82, 2.24) is 14.1 Å². The monoisotopic (exact) mass is 225 g/mol. The van der Waals surface area contributed by atoms with E-state index in [0.29, 0.717) is 6.67 Å². The van der Waals surface area contributed by atoms with Crippen LogP contribution in [0.4, 0.5) is 0 Å². The number of rotatable bonds is 2. The van der Waals surface area contributed by atoms with Crippen LogP contribution in [0.1, 0.15) is 0 Å². The van der Waals surface area contributed by atoms with Crippen LogP contribution in [0.25, 0.3) is 0 Å². The molecule has 0 saturated heterocycles. The Morgan fingerprint density at radius 1 is 1.27 bits per heavy atom. The maximum atomic E-state index is 11.4. The van der Waals surface area contributed by atoms with E-state index in [1.54, 1.807) is 4.57 Å². The zero-order valence-corrected chi connectivity index (χ0v) is 8.44. The Hall–Kier alpha value is -1.75. The topological polar surface area (TPSA) is 59.8 Å². The molecule has 0 saturated carbocycles. The molecule has 0 aromatic carbocycles. The molecule has 5 nitrogen and oxygen atoms in total. The Morgan fingerprint density at radius 2 is 1.93 bits per heavy atom. The van der Waals surface area contributed by atoms with Gasteiger partial charge in [-0.05, 0) is 12.1 Å². The van der Waals surface area contributed by atoms with Crippen molar-refractivity contribution >= 4 is 11.6 Å². The summed E-state index contributed by atoms with van der Waals surface area (Å²) < 4.78 is 3.11. The maximum Gasteiger partial charge on any atom is 0.329 e. The number of H-pyrrole nitrogens is 1. The third-order valence-electron chi connectivity index (χ3n) is 1.95. The predicted molar refractivity (Wildman–Crippen MR) is 56.2 cm³/mol. The number of aromatic nitrogens is 3. The number of hydrogen-bond donors (Lipinski definition) is 1. The van der Waals surface area contributed by atoms with Crippen LogP contribution in [0.2, 0.25) is 5.02 Å². The number of hydrogen-bond acceptors (Lipinski definition) is 2. The Labute approximate surface area is 89.5 Å². The molecule has 1 N–H and O–H groups in total. The Balaban J connectivity index is 2.42. The zero-order valence-electron chi connectivity index (χ0n) is 7.68. The molecule has 0 amide bonds. The molecule has 0 atom stereocenters. The standard InChI is InChI=1S/C9H8ClN3O2/c10-7-5-13(9(15)11-8(7)14)6-12-3-1-2-4-12/h1-5H,6H2,(H,11,14,15). The molecular weight excluding hydrogens is 218 g/mol. The van der Waals surface area contributed by atoms with Crippen LogP contribution in [-0.4, -0.2) is 14.1 Å². The van der Waals surface area contributed by atoms with Crippen molar-refractivity contribution in [2.75, 3.05) is 0 Å². The van der Waals surface area contributed by atoms with Gasteiger partial charge >= 0.3 is 5.69 Å². The molecule has 0 fully saturated rings. The average Bonchev–Trinajstić information content (AvgIpc) is 2.67. The molecule has 0 spiro atoms. The van der Waals surface area contributed by atoms with Gasteiger partial charge in [-0.1, -0.05) is 11.6 Å². The lowest BCUT2D eigenvalue weighted by atomic mass is 10.6. The lowest BCUT2D eigenvalue weighted by Gasteiger charge is -2.05. The lowest BCUT2D eigenvalue weighted by molar-refractivity contribution is 0.576. The molecule has 0 unspecified atom stereocenters. The zero-order chi connectivity index (χ0) is 10.8. The van der Waals surface area contributed by atoms with Gasteiger partial charge in [-0.25, -0.2) is 4.79 Å². The average molecular weight is 226 g/mol. The summed E-state index contributed by atoms with van der Waals surface area (Å²) in [6, 6.07) is 3.69. The first-order valence-electron chi connectivity index (χ1n) is 4.27. The molecule has 0 aliphatic rings. The quantitative estimate of drug-likeness (QED) is 0.809. The van der Waals surface area contributed by atoms with Crippen molar-refractivity contribution < 1.29 is 0 Å². The lowest BCUT2D eigenvalue weighted by Crippen LogP contribution is -2.31. The Morgan fingerprint density at radius 3 is 2.60 bits per heavy atom. The summed E-state index contributed by atoms with van der Waals surface area (Å²) in [5.41, 5.74) is -1.04. The van der Waals surface area contributed by atoms with E-state index in [1.807, 2.05) is 24.5 Å². The number of nitrogens with zero attached hydrogens (tertiary/aromatic N) is 2. The minimum Gasteiger partial charge on any atom is -0.336 e. The molecule has 2 aromatic heterocycles. The van der Waals surface area contributed by atoms with Crippen molar-refractivity contribution in [1.29, 1.82) is 0 Å². The summed E-state index contributed by atoms with van der Waals surface area (Å²) >= 11 is 5.61. The fourth-order valence-electron chi connectivity index (χ4n) is 1.23. The van der Waals surface area contributed by atoms with E-state index in [4.69, 9.17) is 11.6 Å². The molecule has 2 aromatic rings.